The molecule has 0 aromatic heterocycles. The van der Waals surface area contributed by atoms with E-state index in [4.69, 9.17) is 0 Å². The van der Waals surface area contributed by atoms with Crippen LogP contribution in [0.25, 0.3) is 0 Å². The Hall–Kier alpha value is -1.46. The number of hydrogen-bond donors (Lipinski definition) is 1. The van der Waals surface area contributed by atoms with E-state index >= 15 is 0 Å². The van der Waals surface area contributed by atoms with Crippen LogP contribution in [-0.4, -0.2) is 12.1 Å². The van der Waals surface area contributed by atoms with Crippen LogP contribution < -0.4 is 5.43 Å². The maximum atomic E-state index is 11.8. The number of hydrazone groups is 1. The SMILES string of the molecule is O=C(N/N=C/c1ccc(Br)cc1)c1ccc(Br)cc1. The molecule has 0 fully saturated rings. The Kier molecular flexibility index (Phi) is 4.87. The van der Waals surface area contributed by atoms with Crippen molar-refractivity contribution in [3.8, 4) is 0 Å². The van der Waals surface area contributed by atoms with Gasteiger partial charge in [0, 0.05) is 14.5 Å². The molecule has 0 unspecified atom stereocenters. The molecular formula is C14H10Br2N2O. The van der Waals surface area contributed by atoms with Crippen molar-refractivity contribution in [2.45, 2.75) is 0 Å². The van der Waals surface area contributed by atoms with Crippen LogP contribution in [0.2, 0.25) is 0 Å². The highest BCUT2D eigenvalue weighted by molar-refractivity contribution is 9.10. The van der Waals surface area contributed by atoms with Crippen LogP contribution in [0.5, 0.6) is 0 Å². The van der Waals surface area contributed by atoms with Crippen molar-refractivity contribution < 1.29 is 4.79 Å². The van der Waals surface area contributed by atoms with Gasteiger partial charge in [0.15, 0.2) is 0 Å². The minimum absolute atomic E-state index is 0.235. The molecule has 1 N–H and O–H groups in total. The molecule has 0 radical (unpaired) electrons. The summed E-state index contributed by atoms with van der Waals surface area (Å²) >= 11 is 6.67. The van der Waals surface area contributed by atoms with E-state index in [2.05, 4.69) is 42.4 Å². The van der Waals surface area contributed by atoms with Crippen LogP contribution >= 0.6 is 31.9 Å². The predicted octanol–water partition coefficient (Wildman–Crippen LogP) is 3.98. The number of hydrogen-bond acceptors (Lipinski definition) is 2. The second kappa shape index (κ2) is 6.63. The summed E-state index contributed by atoms with van der Waals surface area (Å²) in [6.07, 6.45) is 1.60. The summed E-state index contributed by atoms with van der Waals surface area (Å²) in [5, 5.41) is 3.92. The van der Waals surface area contributed by atoms with Gasteiger partial charge in [-0.15, -0.1) is 0 Å². The van der Waals surface area contributed by atoms with Gasteiger partial charge in [0.2, 0.25) is 0 Å². The Bertz CT molecular complexity index is 592. The van der Waals surface area contributed by atoms with Crippen molar-refractivity contribution in [3.05, 3.63) is 68.6 Å². The lowest BCUT2D eigenvalue weighted by molar-refractivity contribution is 0.0955. The van der Waals surface area contributed by atoms with Gasteiger partial charge in [-0.2, -0.15) is 5.10 Å². The molecule has 96 valence electrons. The number of carbonyl (C=O) groups excluding carboxylic acids is 1. The maximum Gasteiger partial charge on any atom is 0.271 e. The molecule has 0 saturated carbocycles. The van der Waals surface area contributed by atoms with E-state index in [1.165, 1.54) is 0 Å². The van der Waals surface area contributed by atoms with E-state index < -0.39 is 0 Å². The van der Waals surface area contributed by atoms with E-state index in [1.54, 1.807) is 18.3 Å². The standard InChI is InChI=1S/C14H10Br2N2O/c15-12-5-1-10(2-6-12)9-17-18-14(19)11-3-7-13(16)8-4-11/h1-9H,(H,18,19)/b17-9+. The zero-order valence-corrected chi connectivity index (χ0v) is 13.0. The average molecular weight is 382 g/mol. The Morgan fingerprint density at radius 3 is 2.05 bits per heavy atom. The summed E-state index contributed by atoms with van der Waals surface area (Å²) in [7, 11) is 0. The first kappa shape index (κ1) is 14.0. The molecule has 2 aromatic rings. The fourth-order valence-electron chi connectivity index (χ4n) is 1.38. The normalized spacial score (nSPS) is 10.6. The lowest BCUT2D eigenvalue weighted by Crippen LogP contribution is -2.17. The quantitative estimate of drug-likeness (QED) is 0.634. The van der Waals surface area contributed by atoms with Crippen LogP contribution in [0.15, 0.2) is 62.6 Å². The van der Waals surface area contributed by atoms with Crippen molar-refractivity contribution in [2.24, 2.45) is 5.10 Å². The number of nitrogens with one attached hydrogen (secondary N) is 1. The molecule has 1 amide bonds. The molecule has 0 aliphatic rings. The maximum absolute atomic E-state index is 11.8. The lowest BCUT2D eigenvalue weighted by Gasteiger charge is -1.99. The van der Waals surface area contributed by atoms with Gasteiger partial charge >= 0.3 is 0 Å². The largest absolute Gasteiger partial charge is 0.271 e. The predicted molar refractivity (Wildman–Crippen MR) is 83.3 cm³/mol. The van der Waals surface area contributed by atoms with Crippen molar-refractivity contribution in [2.75, 3.05) is 0 Å². The molecule has 2 rings (SSSR count). The van der Waals surface area contributed by atoms with Gasteiger partial charge < -0.3 is 0 Å². The van der Waals surface area contributed by atoms with Crippen molar-refractivity contribution >= 4 is 44.0 Å². The molecule has 0 aliphatic heterocycles. The Balaban J connectivity index is 1.96. The Labute approximate surface area is 128 Å². The second-order valence-electron chi connectivity index (χ2n) is 3.76. The third-order valence-electron chi connectivity index (χ3n) is 2.36. The molecule has 2 aromatic carbocycles. The topological polar surface area (TPSA) is 41.5 Å². The molecular weight excluding hydrogens is 372 g/mol. The van der Waals surface area contributed by atoms with Gasteiger partial charge in [-0.1, -0.05) is 44.0 Å². The zero-order valence-electron chi connectivity index (χ0n) is 9.81. The van der Waals surface area contributed by atoms with Crippen LogP contribution in [0.4, 0.5) is 0 Å². The first-order valence-corrected chi connectivity index (χ1v) is 7.08. The average Bonchev–Trinajstić information content (AvgIpc) is 2.41. The third kappa shape index (κ3) is 4.29. The highest BCUT2D eigenvalue weighted by Crippen LogP contribution is 2.10. The van der Waals surface area contributed by atoms with E-state index in [1.807, 2.05) is 36.4 Å². The van der Waals surface area contributed by atoms with E-state index in [9.17, 15) is 4.79 Å². The molecule has 3 nitrogen and oxygen atoms in total. The molecule has 0 saturated heterocycles. The van der Waals surface area contributed by atoms with E-state index in [0.29, 0.717) is 5.56 Å². The van der Waals surface area contributed by atoms with Crippen LogP contribution in [-0.2, 0) is 0 Å². The monoisotopic (exact) mass is 380 g/mol. The zero-order chi connectivity index (χ0) is 13.7. The number of benzene rings is 2. The molecule has 5 heteroatoms. The van der Waals surface area contributed by atoms with E-state index in [-0.39, 0.29) is 5.91 Å². The van der Waals surface area contributed by atoms with Crippen molar-refractivity contribution in [1.29, 1.82) is 0 Å². The molecule has 19 heavy (non-hydrogen) atoms. The number of halogens is 2. The van der Waals surface area contributed by atoms with Crippen LogP contribution in [0.1, 0.15) is 15.9 Å². The van der Waals surface area contributed by atoms with Crippen molar-refractivity contribution in [3.63, 3.8) is 0 Å². The number of nitrogens with zero attached hydrogens (tertiary/aromatic N) is 1. The summed E-state index contributed by atoms with van der Waals surface area (Å²) in [5.41, 5.74) is 3.97. The van der Waals surface area contributed by atoms with Crippen LogP contribution in [0.3, 0.4) is 0 Å². The van der Waals surface area contributed by atoms with Crippen molar-refractivity contribution in [1.82, 2.24) is 5.43 Å². The second-order valence-corrected chi connectivity index (χ2v) is 5.59. The van der Waals surface area contributed by atoms with Gasteiger partial charge in [0.25, 0.3) is 5.91 Å². The van der Waals surface area contributed by atoms with Gasteiger partial charge in [-0.25, -0.2) is 5.43 Å². The lowest BCUT2D eigenvalue weighted by atomic mass is 10.2. The Morgan fingerprint density at radius 2 is 1.47 bits per heavy atom. The summed E-state index contributed by atoms with van der Waals surface area (Å²) in [6, 6.07) is 14.7. The van der Waals surface area contributed by atoms with Gasteiger partial charge in [0.1, 0.15) is 0 Å². The minimum atomic E-state index is -0.235. The summed E-state index contributed by atoms with van der Waals surface area (Å²) < 4.78 is 1.94. The highest BCUT2D eigenvalue weighted by Gasteiger charge is 2.02. The van der Waals surface area contributed by atoms with E-state index in [0.717, 1.165) is 14.5 Å². The molecule has 0 aliphatic carbocycles. The Morgan fingerprint density at radius 1 is 0.947 bits per heavy atom. The fourth-order valence-corrected chi connectivity index (χ4v) is 1.91. The minimum Gasteiger partial charge on any atom is -0.267 e. The fraction of sp³-hybridized carbons (Fsp3) is 0. The summed E-state index contributed by atoms with van der Waals surface area (Å²) in [5.74, 6) is -0.235. The molecule has 0 spiro atoms. The number of rotatable bonds is 3. The summed E-state index contributed by atoms with van der Waals surface area (Å²) in [6.45, 7) is 0. The van der Waals surface area contributed by atoms with Gasteiger partial charge in [-0.05, 0) is 42.0 Å². The third-order valence-corrected chi connectivity index (χ3v) is 3.41. The van der Waals surface area contributed by atoms with Gasteiger partial charge in [0.05, 0.1) is 6.21 Å². The molecule has 0 heterocycles. The smallest absolute Gasteiger partial charge is 0.267 e. The number of amides is 1. The summed E-state index contributed by atoms with van der Waals surface area (Å²) in [4.78, 5) is 11.8. The van der Waals surface area contributed by atoms with Crippen LogP contribution in [0, 0.1) is 0 Å². The first-order chi connectivity index (χ1) is 9.15. The molecule has 0 bridgehead atoms. The van der Waals surface area contributed by atoms with Gasteiger partial charge in [-0.3, -0.25) is 4.79 Å². The molecule has 0 atom stereocenters. The first-order valence-electron chi connectivity index (χ1n) is 5.50. The number of carbonyl (C=O) groups is 1. The highest BCUT2D eigenvalue weighted by atomic mass is 79.9.